The summed E-state index contributed by atoms with van der Waals surface area (Å²) in [6, 6.07) is 7.23. The first kappa shape index (κ1) is 36.5. The van der Waals surface area contributed by atoms with Crippen LogP contribution in [0.25, 0.3) is 0 Å². The number of hydrogen-bond acceptors (Lipinski definition) is 12. The Morgan fingerprint density at radius 3 is 1.28 bits per heavy atom. The summed E-state index contributed by atoms with van der Waals surface area (Å²) >= 11 is 18.7. The lowest BCUT2D eigenvalue weighted by Crippen LogP contribution is -2.17. The molecule has 246 valence electrons. The Hall–Kier alpha value is 0.760. The molecule has 0 N–H and O–H groups in total. The fraction of sp³-hybridized carbons (Fsp3) is 0.471. The number of carbonyl (C=O) groups is 2. The molecule has 2 nitrogen and oxygen atoms in total. The number of benzene rings is 1. The normalized spacial score (nSPS) is 20.9. The van der Waals surface area contributed by atoms with Crippen molar-refractivity contribution < 1.29 is 9.59 Å². The number of carbonyl (C=O) groups excluding carboxylic acids is 2. The zero-order valence-corrected chi connectivity index (χ0v) is 34.6. The zero-order chi connectivity index (χ0) is 32.2. The molecule has 1 aromatic carbocycles. The fourth-order valence-corrected chi connectivity index (χ4v) is 21.2. The van der Waals surface area contributed by atoms with Gasteiger partial charge in [-0.3, -0.25) is 9.59 Å². The molecule has 2 unspecified atom stereocenters. The van der Waals surface area contributed by atoms with Gasteiger partial charge in [0, 0.05) is 22.6 Å². The Kier molecular flexibility index (Phi) is 13.8. The van der Waals surface area contributed by atoms with Crippen molar-refractivity contribution in [2.45, 2.75) is 79.1 Å². The van der Waals surface area contributed by atoms with E-state index in [1.54, 1.807) is 12.1 Å². The summed E-state index contributed by atoms with van der Waals surface area (Å²) in [5, 5.41) is 0. The van der Waals surface area contributed by atoms with Crippen molar-refractivity contribution in [1.82, 2.24) is 0 Å². The lowest BCUT2D eigenvalue weighted by Gasteiger charge is -2.16. The molecule has 0 spiro atoms. The van der Waals surface area contributed by atoms with Gasteiger partial charge in [-0.15, -0.1) is 23.5 Å². The van der Waals surface area contributed by atoms with E-state index in [-0.39, 0.29) is 11.6 Å². The smallest absolute Gasteiger partial charge is 0.201 e. The maximum atomic E-state index is 13.2. The number of ketones is 2. The summed E-state index contributed by atoms with van der Waals surface area (Å²) in [6.45, 7) is 9.32. The van der Waals surface area contributed by atoms with E-state index in [2.05, 4.69) is 51.2 Å². The molecule has 46 heavy (non-hydrogen) atoms. The van der Waals surface area contributed by atoms with Gasteiger partial charge in [-0.1, -0.05) is 185 Å². The highest BCUT2D eigenvalue weighted by molar-refractivity contribution is 8.50. The summed E-state index contributed by atoms with van der Waals surface area (Å²) in [6.07, 6.45) is 10.4. The van der Waals surface area contributed by atoms with E-state index in [9.17, 15) is 9.59 Å². The topological polar surface area (TPSA) is 34.1 Å². The number of unbranched alkanes of at least 4 members (excludes halogenated alkanes) is 2. The van der Waals surface area contributed by atoms with E-state index in [1.165, 1.54) is 116 Å². The highest BCUT2D eigenvalue weighted by Crippen LogP contribution is 2.73. The number of thioether (sulfide) groups is 10. The summed E-state index contributed by atoms with van der Waals surface area (Å²) in [7, 11) is 0. The van der Waals surface area contributed by atoms with Crippen LogP contribution in [-0.2, 0) is 0 Å². The highest BCUT2D eigenvalue weighted by atomic mass is 32.3. The predicted octanol–water partition coefficient (Wildman–Crippen LogP) is 14.6. The minimum absolute atomic E-state index is 0.0149. The summed E-state index contributed by atoms with van der Waals surface area (Å²) < 4.78 is 10.9. The van der Waals surface area contributed by atoms with Crippen LogP contribution in [0.3, 0.4) is 0 Å². The standard InChI is InChI=1S/C34H38O2S10/c1-5-9-13-19(7-3)17-37-27-28(38-18-20(8-4)14-10-6-2)42-31(41-27)32-45-33-34(46-32)44-30(43-33)29-39-25-23(35)21-15-11-12-16-22(21)24(36)26(25)40-29/h11-12,15-16,19-20H,5-10,13-14,17-18H2,1-4H3. The van der Waals surface area contributed by atoms with Crippen molar-refractivity contribution in [2.24, 2.45) is 11.8 Å². The van der Waals surface area contributed by atoms with Gasteiger partial charge in [-0.2, -0.15) is 0 Å². The van der Waals surface area contributed by atoms with Crippen LogP contribution in [0.4, 0.5) is 0 Å². The van der Waals surface area contributed by atoms with Crippen LogP contribution < -0.4 is 0 Å². The summed E-state index contributed by atoms with van der Waals surface area (Å²) in [4.78, 5) is 27.6. The van der Waals surface area contributed by atoms with Crippen LogP contribution in [0, 0.1) is 11.8 Å². The largest absolute Gasteiger partial charge is 0.288 e. The minimum atomic E-state index is -0.0149. The Bertz CT molecular complexity index is 1450. The third kappa shape index (κ3) is 8.28. The maximum Gasteiger partial charge on any atom is 0.201 e. The van der Waals surface area contributed by atoms with Gasteiger partial charge in [-0.25, -0.2) is 0 Å². The molecule has 2 atom stereocenters. The van der Waals surface area contributed by atoms with E-state index in [4.69, 9.17) is 0 Å². The zero-order valence-electron chi connectivity index (χ0n) is 26.4. The monoisotopic (exact) mass is 798 g/mol. The van der Waals surface area contributed by atoms with Crippen LogP contribution in [-0.4, -0.2) is 23.1 Å². The second-order valence-corrected chi connectivity index (χ2v) is 23.7. The quantitative estimate of drug-likeness (QED) is 0.180. The lowest BCUT2D eigenvalue weighted by atomic mass is 9.94. The van der Waals surface area contributed by atoms with Crippen molar-refractivity contribution in [3.8, 4) is 0 Å². The van der Waals surface area contributed by atoms with Crippen LogP contribution >= 0.6 is 118 Å². The predicted molar refractivity (Wildman–Crippen MR) is 222 cm³/mol. The molecule has 0 saturated carbocycles. The molecule has 0 fully saturated rings. The molecule has 6 rings (SSSR count). The molecule has 0 aromatic heterocycles. The van der Waals surface area contributed by atoms with Gasteiger partial charge in [-0.05, 0) is 24.7 Å². The molecule has 0 radical (unpaired) electrons. The van der Waals surface area contributed by atoms with Gasteiger partial charge < -0.3 is 0 Å². The number of Topliss-reactive ketones (excluding diaryl/α,β-unsaturated/α-hetero) is 2. The van der Waals surface area contributed by atoms with Gasteiger partial charge >= 0.3 is 0 Å². The van der Waals surface area contributed by atoms with E-state index < -0.39 is 0 Å². The van der Waals surface area contributed by atoms with Crippen molar-refractivity contribution in [2.75, 3.05) is 11.5 Å². The van der Waals surface area contributed by atoms with Crippen LogP contribution in [0.2, 0.25) is 0 Å². The minimum Gasteiger partial charge on any atom is -0.288 e. The third-order valence-corrected chi connectivity index (χ3v) is 23.4. The first-order valence-corrected chi connectivity index (χ1v) is 24.5. The molecule has 0 saturated heterocycles. The number of hydrogen-bond donors (Lipinski definition) is 0. The molecule has 4 heterocycles. The van der Waals surface area contributed by atoms with Crippen molar-refractivity contribution in [3.63, 3.8) is 0 Å². The fourth-order valence-electron chi connectivity index (χ4n) is 5.27. The van der Waals surface area contributed by atoms with Crippen LogP contribution in [0.5, 0.6) is 0 Å². The number of allylic oxidation sites excluding steroid dienone is 2. The number of fused-ring (bicyclic) bond motifs is 1. The third-order valence-electron chi connectivity index (χ3n) is 8.19. The Morgan fingerprint density at radius 1 is 0.543 bits per heavy atom. The van der Waals surface area contributed by atoms with Crippen molar-refractivity contribution in [3.05, 3.63) is 79.1 Å². The molecule has 0 bridgehead atoms. The molecular weight excluding hydrogens is 761 g/mol. The molecule has 1 aliphatic carbocycles. The van der Waals surface area contributed by atoms with Gasteiger partial charge in [0.2, 0.25) is 11.6 Å². The molecule has 1 aromatic rings. The van der Waals surface area contributed by atoms with Crippen LogP contribution in [0.15, 0.2) is 68.0 Å². The molecule has 5 aliphatic rings. The molecule has 0 amide bonds. The highest BCUT2D eigenvalue weighted by Gasteiger charge is 2.42. The SMILES string of the molecule is CCCCC(CC)CSC1=C(SCC(CC)CCCC)SC(=C2SC3=C(S2)SC(=C2SC4=C(S2)C(=O)c2ccccc2C4=O)S3)S1. The summed E-state index contributed by atoms with van der Waals surface area (Å²) in [5.74, 6) is 4.01. The molecule has 4 aliphatic heterocycles. The second-order valence-electron chi connectivity index (χ2n) is 11.4. The number of rotatable bonds is 14. The first-order chi connectivity index (χ1) is 22.4. The Balaban J connectivity index is 1.11. The van der Waals surface area contributed by atoms with E-state index in [0.717, 1.165) is 16.1 Å². The maximum absolute atomic E-state index is 13.2. The van der Waals surface area contributed by atoms with E-state index in [1.807, 2.05) is 82.7 Å². The van der Waals surface area contributed by atoms with Crippen molar-refractivity contribution in [1.29, 1.82) is 0 Å². The van der Waals surface area contributed by atoms with E-state index in [0.29, 0.717) is 20.9 Å². The first-order valence-electron chi connectivity index (χ1n) is 16.0. The molecular formula is C34H38O2S10. The van der Waals surface area contributed by atoms with Gasteiger partial charge in [0.05, 0.1) is 43.7 Å². The van der Waals surface area contributed by atoms with Gasteiger partial charge in [0.25, 0.3) is 0 Å². The average Bonchev–Trinajstić information content (AvgIpc) is 3.86. The van der Waals surface area contributed by atoms with Gasteiger partial charge in [0.1, 0.15) is 0 Å². The summed E-state index contributed by atoms with van der Waals surface area (Å²) in [5.41, 5.74) is 1.07. The van der Waals surface area contributed by atoms with Crippen LogP contribution in [0.1, 0.15) is 99.8 Å². The Labute approximate surface area is 317 Å². The second kappa shape index (κ2) is 17.3. The Morgan fingerprint density at radius 2 is 0.913 bits per heavy atom. The average molecular weight is 799 g/mol. The van der Waals surface area contributed by atoms with E-state index >= 15 is 0 Å². The lowest BCUT2D eigenvalue weighted by molar-refractivity contribution is 0.0988. The molecule has 12 heteroatoms. The van der Waals surface area contributed by atoms with Crippen molar-refractivity contribution >= 4 is 129 Å². The van der Waals surface area contributed by atoms with Gasteiger partial charge in [0.15, 0.2) is 0 Å².